The molecule has 20 heavy (non-hydrogen) atoms. The number of hydrogen-bond donors (Lipinski definition) is 3. The first-order valence-electron chi connectivity index (χ1n) is 7.22. The molecule has 0 spiro atoms. The van der Waals surface area contributed by atoms with Crippen LogP contribution in [0, 0.1) is 5.92 Å². The molecule has 1 aromatic rings. The van der Waals surface area contributed by atoms with E-state index in [4.69, 9.17) is 0 Å². The number of H-pyrrole nitrogens is 1. The zero-order chi connectivity index (χ0) is 13.9. The summed E-state index contributed by atoms with van der Waals surface area (Å²) in [5.74, 6) is 1.58. The first kappa shape index (κ1) is 19.2. The minimum absolute atomic E-state index is 0. The van der Waals surface area contributed by atoms with Gasteiger partial charge in [0, 0.05) is 19.8 Å². The van der Waals surface area contributed by atoms with Gasteiger partial charge in [-0.25, -0.2) is 0 Å². The van der Waals surface area contributed by atoms with Crippen LogP contribution in [0.2, 0.25) is 0 Å². The summed E-state index contributed by atoms with van der Waals surface area (Å²) >= 11 is 0. The van der Waals surface area contributed by atoms with Crippen molar-refractivity contribution >= 4 is 29.9 Å². The standard InChI is InChI=1S/C14H27N5.HI/c1-4-6-7-12(5-2)10-16-14(15-3)17-11-13-8-9-18-19-13;/h8-9,12H,4-7,10-11H2,1-3H3,(H,18,19)(H2,15,16,17);1H. The molecule has 6 heteroatoms. The average molecular weight is 393 g/mol. The number of hydrogen-bond acceptors (Lipinski definition) is 2. The topological polar surface area (TPSA) is 65.1 Å². The van der Waals surface area contributed by atoms with Gasteiger partial charge in [-0.3, -0.25) is 10.1 Å². The van der Waals surface area contributed by atoms with Crippen LogP contribution in [0.25, 0.3) is 0 Å². The number of rotatable bonds is 8. The van der Waals surface area contributed by atoms with E-state index in [0.29, 0.717) is 6.54 Å². The van der Waals surface area contributed by atoms with E-state index in [9.17, 15) is 0 Å². The molecule has 0 aromatic carbocycles. The summed E-state index contributed by atoms with van der Waals surface area (Å²) in [7, 11) is 1.80. The Morgan fingerprint density at radius 1 is 1.40 bits per heavy atom. The Balaban J connectivity index is 0.00000361. The van der Waals surface area contributed by atoms with Crippen LogP contribution < -0.4 is 10.6 Å². The lowest BCUT2D eigenvalue weighted by Crippen LogP contribution is -2.39. The van der Waals surface area contributed by atoms with Crippen LogP contribution in [0.3, 0.4) is 0 Å². The molecular formula is C14H28IN5. The van der Waals surface area contributed by atoms with E-state index in [0.717, 1.165) is 24.1 Å². The molecule has 0 fully saturated rings. The van der Waals surface area contributed by atoms with Crippen LogP contribution in [0.1, 0.15) is 45.2 Å². The molecule has 0 aliphatic carbocycles. The van der Waals surface area contributed by atoms with Crippen molar-refractivity contribution in [2.24, 2.45) is 10.9 Å². The summed E-state index contributed by atoms with van der Waals surface area (Å²) in [4.78, 5) is 4.23. The SMILES string of the molecule is CCCCC(CC)CNC(=NC)NCc1ccn[nH]1.I. The summed E-state index contributed by atoms with van der Waals surface area (Å²) in [5, 5.41) is 13.5. The summed E-state index contributed by atoms with van der Waals surface area (Å²) in [6, 6.07) is 1.95. The van der Waals surface area contributed by atoms with Crippen molar-refractivity contribution in [1.29, 1.82) is 0 Å². The van der Waals surface area contributed by atoms with Crippen molar-refractivity contribution in [2.75, 3.05) is 13.6 Å². The highest BCUT2D eigenvalue weighted by Crippen LogP contribution is 2.10. The fraction of sp³-hybridized carbons (Fsp3) is 0.714. The van der Waals surface area contributed by atoms with Crippen LogP contribution in [0.4, 0.5) is 0 Å². The van der Waals surface area contributed by atoms with Gasteiger partial charge in [-0.05, 0) is 18.4 Å². The van der Waals surface area contributed by atoms with Crippen molar-refractivity contribution in [3.8, 4) is 0 Å². The highest BCUT2D eigenvalue weighted by molar-refractivity contribution is 14.0. The summed E-state index contributed by atoms with van der Waals surface area (Å²) in [6.45, 7) is 6.19. The Morgan fingerprint density at radius 3 is 2.75 bits per heavy atom. The Labute approximate surface area is 139 Å². The van der Waals surface area contributed by atoms with Gasteiger partial charge >= 0.3 is 0 Å². The second-order valence-corrected chi connectivity index (χ2v) is 4.81. The number of aliphatic imine (C=N–C) groups is 1. The molecule has 5 nitrogen and oxygen atoms in total. The Kier molecular flexibility index (Phi) is 11.5. The summed E-state index contributed by atoms with van der Waals surface area (Å²) < 4.78 is 0. The van der Waals surface area contributed by atoms with Gasteiger partial charge in [0.05, 0.1) is 12.2 Å². The van der Waals surface area contributed by atoms with Crippen molar-refractivity contribution in [3.63, 3.8) is 0 Å². The fourth-order valence-corrected chi connectivity index (χ4v) is 1.97. The lowest BCUT2D eigenvalue weighted by Gasteiger charge is -2.17. The minimum Gasteiger partial charge on any atom is -0.356 e. The third-order valence-electron chi connectivity index (χ3n) is 3.33. The monoisotopic (exact) mass is 393 g/mol. The summed E-state index contributed by atoms with van der Waals surface area (Å²) in [6.07, 6.45) is 6.83. The maximum atomic E-state index is 4.23. The maximum absolute atomic E-state index is 4.23. The van der Waals surface area contributed by atoms with Gasteiger partial charge in [-0.1, -0.05) is 33.1 Å². The molecule has 3 N–H and O–H groups in total. The minimum atomic E-state index is 0. The van der Waals surface area contributed by atoms with Gasteiger partial charge in [-0.2, -0.15) is 5.10 Å². The quantitative estimate of drug-likeness (QED) is 0.362. The number of guanidine groups is 1. The summed E-state index contributed by atoms with van der Waals surface area (Å²) in [5.41, 5.74) is 1.06. The molecule has 1 aromatic heterocycles. The molecule has 0 radical (unpaired) electrons. The van der Waals surface area contributed by atoms with Crippen LogP contribution in [-0.2, 0) is 6.54 Å². The number of halogens is 1. The van der Waals surface area contributed by atoms with E-state index in [-0.39, 0.29) is 24.0 Å². The number of aromatic nitrogens is 2. The molecule has 116 valence electrons. The lowest BCUT2D eigenvalue weighted by molar-refractivity contribution is 0.443. The van der Waals surface area contributed by atoms with Gasteiger partial charge in [0.2, 0.25) is 0 Å². The predicted molar refractivity (Wildman–Crippen MR) is 95.5 cm³/mol. The largest absolute Gasteiger partial charge is 0.356 e. The van der Waals surface area contributed by atoms with Gasteiger partial charge in [0.25, 0.3) is 0 Å². The van der Waals surface area contributed by atoms with Crippen LogP contribution in [-0.4, -0.2) is 29.7 Å². The Morgan fingerprint density at radius 2 is 2.20 bits per heavy atom. The molecule has 0 saturated heterocycles. The van der Waals surface area contributed by atoms with Crippen molar-refractivity contribution in [1.82, 2.24) is 20.8 Å². The number of nitrogens with zero attached hydrogens (tertiary/aromatic N) is 2. The van der Waals surface area contributed by atoms with E-state index >= 15 is 0 Å². The highest BCUT2D eigenvalue weighted by Gasteiger charge is 2.07. The number of aromatic amines is 1. The van der Waals surface area contributed by atoms with Gasteiger partial charge in [0.15, 0.2) is 5.96 Å². The first-order valence-corrected chi connectivity index (χ1v) is 7.22. The third-order valence-corrected chi connectivity index (χ3v) is 3.33. The Hall–Kier alpha value is -0.790. The smallest absolute Gasteiger partial charge is 0.191 e. The molecular weight excluding hydrogens is 365 g/mol. The van der Waals surface area contributed by atoms with Crippen LogP contribution in [0.15, 0.2) is 17.3 Å². The molecule has 0 aliphatic rings. The van der Waals surface area contributed by atoms with E-state index in [1.807, 2.05) is 6.07 Å². The molecule has 0 aliphatic heterocycles. The number of nitrogens with one attached hydrogen (secondary N) is 3. The zero-order valence-corrected chi connectivity index (χ0v) is 15.1. The normalized spacial score (nSPS) is 12.7. The highest BCUT2D eigenvalue weighted by atomic mass is 127. The van der Waals surface area contributed by atoms with Gasteiger partial charge in [-0.15, -0.1) is 24.0 Å². The van der Waals surface area contributed by atoms with Crippen LogP contribution in [0.5, 0.6) is 0 Å². The second kappa shape index (κ2) is 12.0. The van der Waals surface area contributed by atoms with Gasteiger partial charge in [0.1, 0.15) is 0 Å². The predicted octanol–water partition coefficient (Wildman–Crippen LogP) is 2.91. The zero-order valence-electron chi connectivity index (χ0n) is 12.8. The van der Waals surface area contributed by atoms with Gasteiger partial charge < -0.3 is 10.6 Å². The fourth-order valence-electron chi connectivity index (χ4n) is 1.97. The van der Waals surface area contributed by atoms with E-state index < -0.39 is 0 Å². The molecule has 1 atom stereocenters. The molecule has 0 amide bonds. The number of unbranched alkanes of at least 4 members (excludes halogenated alkanes) is 1. The molecule has 1 unspecified atom stereocenters. The maximum Gasteiger partial charge on any atom is 0.191 e. The van der Waals surface area contributed by atoms with E-state index in [1.54, 1.807) is 13.2 Å². The van der Waals surface area contributed by atoms with Crippen molar-refractivity contribution in [2.45, 2.75) is 46.1 Å². The van der Waals surface area contributed by atoms with Crippen molar-refractivity contribution in [3.05, 3.63) is 18.0 Å². The van der Waals surface area contributed by atoms with Crippen LogP contribution >= 0.6 is 24.0 Å². The van der Waals surface area contributed by atoms with Crippen molar-refractivity contribution < 1.29 is 0 Å². The molecule has 1 heterocycles. The molecule has 0 bridgehead atoms. The Bertz CT molecular complexity index is 350. The third kappa shape index (κ3) is 7.72. The first-order chi connectivity index (χ1) is 9.30. The second-order valence-electron chi connectivity index (χ2n) is 4.81. The molecule has 0 saturated carbocycles. The van der Waals surface area contributed by atoms with E-state index in [1.165, 1.54) is 25.7 Å². The lowest BCUT2D eigenvalue weighted by atomic mass is 9.99. The average Bonchev–Trinajstić information content (AvgIpc) is 2.95. The van der Waals surface area contributed by atoms with E-state index in [2.05, 4.69) is 39.7 Å². The molecule has 1 rings (SSSR count).